The molecule has 1 aliphatic carbocycles. The van der Waals surface area contributed by atoms with Gasteiger partial charge in [0, 0.05) is 6.42 Å². The summed E-state index contributed by atoms with van der Waals surface area (Å²) in [6.45, 7) is 3.18. The molecule has 2 atom stereocenters. The second-order valence-corrected chi connectivity index (χ2v) is 7.33. The topological polar surface area (TPSA) is 20.2 Å². The van der Waals surface area contributed by atoms with Crippen LogP contribution >= 0.6 is 0 Å². The van der Waals surface area contributed by atoms with E-state index in [-0.39, 0.29) is 5.56 Å². The average Bonchev–Trinajstić information content (AvgIpc) is 2.65. The molecule has 0 heterocycles. The summed E-state index contributed by atoms with van der Waals surface area (Å²) >= 11 is 0. The Morgan fingerprint density at radius 1 is 0.700 bits per heavy atom. The van der Waals surface area contributed by atoms with Gasteiger partial charge in [-0.3, -0.25) is 0 Å². The molecule has 1 nitrogen and oxygen atoms in total. The largest absolute Gasteiger partial charge is 0.388 e. The van der Waals surface area contributed by atoms with E-state index in [0.717, 1.165) is 6.07 Å². The number of alkyl halides is 11. The maximum atomic E-state index is 14.9. The molecule has 172 valence electrons. The highest BCUT2D eigenvalue weighted by molar-refractivity contribution is 5.34. The van der Waals surface area contributed by atoms with Crippen molar-refractivity contribution in [3.8, 4) is 0 Å². The summed E-state index contributed by atoms with van der Waals surface area (Å²) in [5.41, 5.74) is -6.53. The van der Waals surface area contributed by atoms with E-state index < -0.39 is 59.3 Å². The Hall–Kier alpha value is -1.59. The van der Waals surface area contributed by atoms with Gasteiger partial charge in [-0.15, -0.1) is 0 Å². The third kappa shape index (κ3) is 2.77. The molecule has 0 aliphatic heterocycles. The molecule has 0 saturated heterocycles. The van der Waals surface area contributed by atoms with Crippen LogP contribution in [0.1, 0.15) is 49.8 Å². The van der Waals surface area contributed by atoms with Gasteiger partial charge in [-0.05, 0) is 23.5 Å². The highest BCUT2D eigenvalue weighted by atomic mass is 19.4. The zero-order valence-corrected chi connectivity index (χ0v) is 15.5. The first-order valence-electron chi connectivity index (χ1n) is 8.70. The predicted molar refractivity (Wildman–Crippen MR) is 83.3 cm³/mol. The molecule has 1 aromatic carbocycles. The van der Waals surface area contributed by atoms with E-state index in [9.17, 15) is 53.4 Å². The average molecular weight is 458 g/mol. The maximum Gasteiger partial charge on any atom is 0.384 e. The van der Waals surface area contributed by atoms with E-state index in [4.69, 9.17) is 0 Å². The Labute approximate surface area is 163 Å². The molecule has 2 unspecified atom stereocenters. The van der Waals surface area contributed by atoms with Gasteiger partial charge in [0.1, 0.15) is 0 Å². The molecule has 1 saturated carbocycles. The van der Waals surface area contributed by atoms with Crippen LogP contribution in [-0.2, 0) is 0 Å². The Kier molecular flexibility index (Phi) is 5.73. The van der Waals surface area contributed by atoms with Crippen LogP contribution in [0.2, 0.25) is 0 Å². The van der Waals surface area contributed by atoms with Crippen molar-refractivity contribution >= 4 is 0 Å². The predicted octanol–water partition coefficient (Wildman–Crippen LogP) is 6.52. The molecule has 1 N–H and O–H groups in total. The molecule has 12 heteroatoms. The van der Waals surface area contributed by atoms with Crippen LogP contribution < -0.4 is 0 Å². The highest BCUT2D eigenvalue weighted by Crippen LogP contribution is 2.70. The molecule has 0 spiro atoms. The summed E-state index contributed by atoms with van der Waals surface area (Å²) in [5, 5.41) is 10.1. The lowest BCUT2D eigenvalue weighted by molar-refractivity contribution is -0.487. The fourth-order valence-electron chi connectivity index (χ4n) is 3.40. The Bertz CT molecular complexity index is 760. The van der Waals surface area contributed by atoms with Crippen molar-refractivity contribution < 1.29 is 53.4 Å². The molecule has 2 rings (SSSR count). The second kappa shape index (κ2) is 6.96. The van der Waals surface area contributed by atoms with Crippen molar-refractivity contribution in [2.75, 3.05) is 0 Å². The summed E-state index contributed by atoms with van der Waals surface area (Å²) < 4.78 is 152. The van der Waals surface area contributed by atoms with Gasteiger partial charge in [-0.1, -0.05) is 38.1 Å². The van der Waals surface area contributed by atoms with Crippen LogP contribution in [0.5, 0.6) is 0 Å². The van der Waals surface area contributed by atoms with Gasteiger partial charge >= 0.3 is 29.6 Å². The first-order chi connectivity index (χ1) is 13.3. The fraction of sp³-hybridized carbons (Fsp3) is 0.667. The standard InChI is InChI=1S/C18H17F11O/c1-3-9(2)10-6-4-5-7-11(10)12(30)8-13(19)14(20,21)16(24,25)18(28,29)17(26,27)15(13,22)23/h4-7,9,12,30H,3,8H2,1-2H3. The quantitative estimate of drug-likeness (QED) is 0.498. The van der Waals surface area contributed by atoms with Crippen molar-refractivity contribution in [1.82, 2.24) is 0 Å². The number of hydrogen-bond acceptors (Lipinski definition) is 1. The van der Waals surface area contributed by atoms with Gasteiger partial charge in [0.2, 0.25) is 0 Å². The van der Waals surface area contributed by atoms with E-state index >= 15 is 0 Å². The van der Waals surface area contributed by atoms with Crippen LogP contribution in [0.3, 0.4) is 0 Å². The molecule has 0 radical (unpaired) electrons. The summed E-state index contributed by atoms with van der Waals surface area (Å²) in [4.78, 5) is 0. The van der Waals surface area contributed by atoms with Crippen molar-refractivity contribution in [1.29, 1.82) is 0 Å². The van der Waals surface area contributed by atoms with Crippen molar-refractivity contribution in [2.24, 2.45) is 0 Å². The highest BCUT2D eigenvalue weighted by Gasteiger charge is 3.00. The number of hydrogen-bond donors (Lipinski definition) is 1. The van der Waals surface area contributed by atoms with Gasteiger partial charge in [-0.25, -0.2) is 4.39 Å². The van der Waals surface area contributed by atoms with Crippen LogP contribution in [0.4, 0.5) is 48.3 Å². The molecule has 1 fully saturated rings. The van der Waals surface area contributed by atoms with Crippen LogP contribution in [0.15, 0.2) is 24.3 Å². The number of rotatable bonds is 5. The summed E-state index contributed by atoms with van der Waals surface area (Å²) in [5.74, 6) is -35.9. The molecule has 1 aliphatic rings. The zero-order chi connectivity index (χ0) is 23.6. The normalized spacial score (nSPS) is 27.3. The van der Waals surface area contributed by atoms with Gasteiger partial charge < -0.3 is 5.11 Å². The smallest absolute Gasteiger partial charge is 0.384 e. The lowest BCUT2D eigenvalue weighted by Gasteiger charge is -2.53. The third-order valence-electron chi connectivity index (χ3n) is 5.55. The lowest BCUT2D eigenvalue weighted by atomic mass is 9.69. The summed E-state index contributed by atoms with van der Waals surface area (Å²) in [6.07, 6.45) is -5.02. The first-order valence-corrected chi connectivity index (χ1v) is 8.70. The van der Waals surface area contributed by atoms with E-state index in [0.29, 0.717) is 6.42 Å². The molecular formula is C18H17F11O. The van der Waals surface area contributed by atoms with Gasteiger partial charge in [0.05, 0.1) is 6.10 Å². The summed E-state index contributed by atoms with van der Waals surface area (Å²) in [7, 11) is 0. The zero-order valence-electron chi connectivity index (χ0n) is 15.5. The minimum absolute atomic E-state index is 0.127. The van der Waals surface area contributed by atoms with Crippen LogP contribution in [0.25, 0.3) is 0 Å². The van der Waals surface area contributed by atoms with Gasteiger partial charge in [0.15, 0.2) is 0 Å². The number of aliphatic hydroxyl groups excluding tert-OH is 1. The maximum absolute atomic E-state index is 14.9. The van der Waals surface area contributed by atoms with Crippen molar-refractivity contribution in [2.45, 2.75) is 74.0 Å². The van der Waals surface area contributed by atoms with Crippen molar-refractivity contribution in [3.05, 3.63) is 35.4 Å². The molecule has 1 aromatic rings. The molecule has 0 aromatic heterocycles. The minimum Gasteiger partial charge on any atom is -0.388 e. The lowest BCUT2D eigenvalue weighted by Crippen LogP contribution is -2.83. The third-order valence-corrected chi connectivity index (χ3v) is 5.55. The summed E-state index contributed by atoms with van der Waals surface area (Å²) in [6, 6.07) is 4.82. The second-order valence-electron chi connectivity index (χ2n) is 7.33. The monoisotopic (exact) mass is 458 g/mol. The van der Waals surface area contributed by atoms with Gasteiger partial charge in [-0.2, -0.15) is 43.9 Å². The SMILES string of the molecule is CCC(C)c1ccccc1C(O)CC1(F)C(F)(F)C(F)(F)C(F)(F)C(F)(F)C1(F)F. The van der Waals surface area contributed by atoms with E-state index in [2.05, 4.69) is 0 Å². The minimum atomic E-state index is -7.26. The Morgan fingerprint density at radius 3 is 1.47 bits per heavy atom. The van der Waals surface area contributed by atoms with Gasteiger partial charge in [0.25, 0.3) is 5.67 Å². The van der Waals surface area contributed by atoms with Crippen molar-refractivity contribution in [3.63, 3.8) is 0 Å². The molecular weight excluding hydrogens is 441 g/mol. The number of halogens is 11. The van der Waals surface area contributed by atoms with E-state index in [1.807, 2.05) is 0 Å². The fourth-order valence-corrected chi connectivity index (χ4v) is 3.40. The molecule has 0 amide bonds. The number of aliphatic hydroxyl groups is 1. The van der Waals surface area contributed by atoms with Crippen LogP contribution in [0, 0.1) is 0 Å². The Balaban J connectivity index is 2.65. The Morgan fingerprint density at radius 2 is 1.07 bits per heavy atom. The first kappa shape index (κ1) is 24.7. The number of benzene rings is 1. The van der Waals surface area contributed by atoms with E-state index in [1.165, 1.54) is 18.2 Å². The molecule has 0 bridgehead atoms. The van der Waals surface area contributed by atoms with Crippen LogP contribution in [-0.4, -0.2) is 40.4 Å². The van der Waals surface area contributed by atoms with E-state index in [1.54, 1.807) is 13.8 Å². The molecule has 30 heavy (non-hydrogen) atoms.